The van der Waals surface area contributed by atoms with Crippen molar-refractivity contribution in [2.24, 2.45) is 5.41 Å². The van der Waals surface area contributed by atoms with Gasteiger partial charge < -0.3 is 24.8 Å². The summed E-state index contributed by atoms with van der Waals surface area (Å²) in [6.07, 6.45) is 2.07. The van der Waals surface area contributed by atoms with Crippen molar-refractivity contribution in [2.45, 2.75) is 72.8 Å². The fourth-order valence-corrected chi connectivity index (χ4v) is 2.33. The van der Waals surface area contributed by atoms with Gasteiger partial charge in [0.1, 0.15) is 11.6 Å². The first kappa shape index (κ1) is 29.7. The molecule has 0 aliphatic carbocycles. The number of carbonyl (C=O) groups excluding carboxylic acids is 3. The molecule has 0 heterocycles. The maximum atomic E-state index is 11.8. The first-order chi connectivity index (χ1) is 14.5. The van der Waals surface area contributed by atoms with Crippen molar-refractivity contribution >= 4 is 17.5 Å². The summed E-state index contributed by atoms with van der Waals surface area (Å²) in [4.78, 5) is 34.9. The van der Waals surface area contributed by atoms with E-state index in [1.807, 2.05) is 34.6 Å². The SMILES string of the molecule is CC(=O)C(C)(C)NCCCOCCOCCOCCCNC(=O)CCC(=O)C(C)(C)C. The van der Waals surface area contributed by atoms with Crippen LogP contribution in [0.25, 0.3) is 0 Å². The number of ketones is 2. The first-order valence-corrected chi connectivity index (χ1v) is 11.3. The summed E-state index contributed by atoms with van der Waals surface area (Å²) in [5.41, 5.74) is -0.880. The topological polar surface area (TPSA) is 103 Å². The maximum absolute atomic E-state index is 11.8. The highest BCUT2D eigenvalue weighted by Crippen LogP contribution is 2.17. The second-order valence-corrected chi connectivity index (χ2v) is 9.18. The third-order valence-corrected chi connectivity index (χ3v) is 4.86. The van der Waals surface area contributed by atoms with Gasteiger partial charge in [-0.15, -0.1) is 0 Å². The lowest BCUT2D eigenvalue weighted by Gasteiger charge is -2.22. The second-order valence-electron chi connectivity index (χ2n) is 9.18. The van der Waals surface area contributed by atoms with Crippen LogP contribution in [-0.2, 0) is 28.6 Å². The molecule has 0 radical (unpaired) electrons. The molecule has 8 nitrogen and oxygen atoms in total. The van der Waals surface area contributed by atoms with Gasteiger partial charge >= 0.3 is 0 Å². The molecular weight excluding hydrogens is 400 g/mol. The normalized spacial score (nSPS) is 12.1. The monoisotopic (exact) mass is 444 g/mol. The molecule has 0 aromatic carbocycles. The van der Waals surface area contributed by atoms with E-state index in [1.165, 1.54) is 0 Å². The number of nitrogens with one attached hydrogen (secondary N) is 2. The predicted octanol–water partition coefficient (Wildman–Crippen LogP) is 2.29. The van der Waals surface area contributed by atoms with E-state index in [0.29, 0.717) is 46.2 Å². The number of ether oxygens (including phenoxy) is 3. The van der Waals surface area contributed by atoms with Crippen LogP contribution in [0.3, 0.4) is 0 Å². The van der Waals surface area contributed by atoms with Gasteiger partial charge in [0.2, 0.25) is 5.91 Å². The van der Waals surface area contributed by atoms with Gasteiger partial charge in [-0.1, -0.05) is 20.8 Å². The Morgan fingerprint density at radius 2 is 1.19 bits per heavy atom. The predicted molar refractivity (Wildman–Crippen MR) is 121 cm³/mol. The summed E-state index contributed by atoms with van der Waals surface area (Å²) in [6, 6.07) is 0. The van der Waals surface area contributed by atoms with Gasteiger partial charge in [-0.3, -0.25) is 14.4 Å². The van der Waals surface area contributed by atoms with Gasteiger partial charge in [-0.25, -0.2) is 0 Å². The molecule has 31 heavy (non-hydrogen) atoms. The molecule has 2 N–H and O–H groups in total. The minimum atomic E-state index is -0.485. The van der Waals surface area contributed by atoms with Crippen molar-refractivity contribution in [3.8, 4) is 0 Å². The average Bonchev–Trinajstić information content (AvgIpc) is 2.68. The van der Waals surface area contributed by atoms with Crippen LogP contribution in [0.15, 0.2) is 0 Å². The fourth-order valence-electron chi connectivity index (χ4n) is 2.33. The van der Waals surface area contributed by atoms with Gasteiger partial charge in [0.05, 0.1) is 32.0 Å². The molecule has 0 aliphatic heterocycles. The number of hydrogen-bond acceptors (Lipinski definition) is 7. The van der Waals surface area contributed by atoms with Crippen LogP contribution in [0.2, 0.25) is 0 Å². The van der Waals surface area contributed by atoms with Crippen LogP contribution in [0, 0.1) is 5.41 Å². The Kier molecular flexibility index (Phi) is 15.6. The first-order valence-electron chi connectivity index (χ1n) is 11.3. The van der Waals surface area contributed by atoms with E-state index in [4.69, 9.17) is 14.2 Å². The van der Waals surface area contributed by atoms with Crippen LogP contribution in [0.1, 0.15) is 67.2 Å². The van der Waals surface area contributed by atoms with E-state index in [0.717, 1.165) is 19.4 Å². The molecule has 8 heteroatoms. The Morgan fingerprint density at radius 1 is 0.710 bits per heavy atom. The zero-order valence-corrected chi connectivity index (χ0v) is 20.4. The van der Waals surface area contributed by atoms with Crippen molar-refractivity contribution in [1.82, 2.24) is 10.6 Å². The van der Waals surface area contributed by atoms with Gasteiger partial charge in [-0.05, 0) is 40.2 Å². The molecule has 0 spiro atoms. The molecule has 0 aliphatic rings. The molecule has 0 rings (SSSR count). The molecule has 0 atom stereocenters. The van der Waals surface area contributed by atoms with Crippen molar-refractivity contribution in [3.63, 3.8) is 0 Å². The lowest BCUT2D eigenvalue weighted by atomic mass is 9.88. The molecule has 0 saturated carbocycles. The molecular formula is C23H44N2O6. The molecule has 0 aromatic rings. The minimum absolute atomic E-state index is 0.0979. The van der Waals surface area contributed by atoms with Crippen LogP contribution in [-0.4, -0.2) is 75.7 Å². The smallest absolute Gasteiger partial charge is 0.220 e. The Labute approximate surface area is 188 Å². The van der Waals surface area contributed by atoms with E-state index in [1.54, 1.807) is 6.92 Å². The molecule has 0 unspecified atom stereocenters. The van der Waals surface area contributed by atoms with Crippen molar-refractivity contribution in [1.29, 1.82) is 0 Å². The lowest BCUT2D eigenvalue weighted by Crippen LogP contribution is -2.46. The second kappa shape index (κ2) is 16.3. The number of Topliss-reactive ketones (excluding diaryl/α,β-unsaturated/α-hetero) is 2. The average molecular weight is 445 g/mol. The highest BCUT2D eigenvalue weighted by atomic mass is 16.5. The molecule has 0 bridgehead atoms. The third-order valence-electron chi connectivity index (χ3n) is 4.86. The summed E-state index contributed by atoms with van der Waals surface area (Å²) in [7, 11) is 0. The number of hydrogen-bond donors (Lipinski definition) is 2. The van der Waals surface area contributed by atoms with Crippen LogP contribution < -0.4 is 10.6 Å². The number of amides is 1. The number of carbonyl (C=O) groups is 3. The van der Waals surface area contributed by atoms with Crippen LogP contribution in [0.4, 0.5) is 0 Å². The molecule has 0 saturated heterocycles. The molecule has 1 amide bonds. The quantitative estimate of drug-likeness (QED) is 0.295. The standard InChI is InChI=1S/C23H44N2O6/c1-19(26)23(5,6)25-12-8-14-30-16-18-31-17-15-29-13-7-11-24-21(28)10-9-20(27)22(2,3)4/h25H,7-18H2,1-6H3,(H,24,28). The van der Waals surface area contributed by atoms with E-state index >= 15 is 0 Å². The fraction of sp³-hybridized carbons (Fsp3) is 0.870. The van der Waals surface area contributed by atoms with E-state index in [2.05, 4.69) is 10.6 Å². The third kappa shape index (κ3) is 16.9. The van der Waals surface area contributed by atoms with Crippen LogP contribution >= 0.6 is 0 Å². The summed E-state index contributed by atoms with van der Waals surface area (Å²) < 4.78 is 16.4. The van der Waals surface area contributed by atoms with Gasteiger partial charge in [0.25, 0.3) is 0 Å². The minimum Gasteiger partial charge on any atom is -0.379 e. The molecule has 0 aromatic heterocycles. The largest absolute Gasteiger partial charge is 0.379 e. The maximum Gasteiger partial charge on any atom is 0.220 e. The van der Waals surface area contributed by atoms with E-state index in [9.17, 15) is 14.4 Å². The highest BCUT2D eigenvalue weighted by molar-refractivity contribution is 5.88. The Hall–Kier alpha value is -1.35. The highest BCUT2D eigenvalue weighted by Gasteiger charge is 2.22. The van der Waals surface area contributed by atoms with Gasteiger partial charge in [0.15, 0.2) is 0 Å². The summed E-state index contributed by atoms with van der Waals surface area (Å²) in [6.45, 7) is 15.4. The zero-order valence-electron chi connectivity index (χ0n) is 20.4. The van der Waals surface area contributed by atoms with Crippen molar-refractivity contribution in [2.75, 3.05) is 52.7 Å². The van der Waals surface area contributed by atoms with Crippen molar-refractivity contribution < 1.29 is 28.6 Å². The van der Waals surface area contributed by atoms with E-state index < -0.39 is 11.0 Å². The zero-order chi connectivity index (χ0) is 23.8. The van der Waals surface area contributed by atoms with Crippen LogP contribution in [0.5, 0.6) is 0 Å². The van der Waals surface area contributed by atoms with Gasteiger partial charge in [0, 0.05) is 38.0 Å². The summed E-state index contributed by atoms with van der Waals surface area (Å²) in [5.74, 6) is 0.125. The summed E-state index contributed by atoms with van der Waals surface area (Å²) >= 11 is 0. The van der Waals surface area contributed by atoms with Crippen molar-refractivity contribution in [3.05, 3.63) is 0 Å². The van der Waals surface area contributed by atoms with E-state index in [-0.39, 0.29) is 30.3 Å². The Morgan fingerprint density at radius 3 is 1.68 bits per heavy atom. The van der Waals surface area contributed by atoms with Gasteiger partial charge in [-0.2, -0.15) is 0 Å². The lowest BCUT2D eigenvalue weighted by molar-refractivity contribution is -0.129. The Balaban J connectivity index is 3.36. The number of rotatable bonds is 19. The molecule has 0 fully saturated rings. The Bertz CT molecular complexity index is 529. The molecule has 182 valence electrons. The summed E-state index contributed by atoms with van der Waals surface area (Å²) in [5, 5.41) is 6.01.